The summed E-state index contributed by atoms with van der Waals surface area (Å²) in [5.74, 6) is -0.488. The molecule has 0 aliphatic rings. The van der Waals surface area contributed by atoms with Crippen LogP contribution in [0, 0.1) is 0 Å². The van der Waals surface area contributed by atoms with E-state index < -0.39 is 19.8 Å². The highest BCUT2D eigenvalue weighted by molar-refractivity contribution is 9.11. The smallest absolute Gasteiger partial charge is 0.191 e. The van der Waals surface area contributed by atoms with Crippen LogP contribution < -0.4 is 5.73 Å². The van der Waals surface area contributed by atoms with Crippen LogP contribution >= 0.6 is 15.9 Å². The summed E-state index contributed by atoms with van der Waals surface area (Å²) in [6.45, 7) is 0. The number of alkyl halides is 1. The average Bonchev–Trinajstić information content (AvgIpc) is 2.15. The highest BCUT2D eigenvalue weighted by Crippen LogP contribution is 2.16. The second-order valence-electron chi connectivity index (χ2n) is 3.13. The quantitative estimate of drug-likeness (QED) is 0.516. The zero-order chi connectivity index (χ0) is 11.6. The molecule has 1 aromatic rings. The van der Waals surface area contributed by atoms with E-state index in [2.05, 4.69) is 15.9 Å². The van der Waals surface area contributed by atoms with Gasteiger partial charge in [0.25, 0.3) is 0 Å². The molecule has 1 aromatic carbocycles. The molecule has 0 aliphatic heterocycles. The fourth-order valence-corrected chi connectivity index (χ4v) is 1.76. The molecule has 0 heterocycles. The zero-order valence-electron chi connectivity index (χ0n) is 7.98. The Kier molecular flexibility index (Phi) is 3.51. The Labute approximate surface area is 96.5 Å². The average molecular weight is 292 g/mol. The van der Waals surface area contributed by atoms with Crippen LogP contribution in [0.1, 0.15) is 10.4 Å². The fraction of sp³-hybridized carbons (Fsp3) is 0.222. The molecule has 15 heavy (non-hydrogen) atoms. The van der Waals surface area contributed by atoms with Crippen LogP contribution in [0.2, 0.25) is 0 Å². The van der Waals surface area contributed by atoms with Crippen LogP contribution in [0.25, 0.3) is 0 Å². The topological polar surface area (TPSA) is 77.2 Å². The Morgan fingerprint density at radius 2 is 1.80 bits per heavy atom. The van der Waals surface area contributed by atoms with Crippen molar-refractivity contribution < 1.29 is 13.2 Å². The summed E-state index contributed by atoms with van der Waals surface area (Å²) in [5.41, 5.74) is 6.29. The number of anilines is 1. The number of sulfone groups is 1. The van der Waals surface area contributed by atoms with Gasteiger partial charge in [-0.15, -0.1) is 0 Å². The predicted molar refractivity (Wildman–Crippen MR) is 62.7 cm³/mol. The van der Waals surface area contributed by atoms with E-state index in [1.807, 2.05) is 0 Å². The second kappa shape index (κ2) is 4.32. The summed E-state index contributed by atoms with van der Waals surface area (Å²) in [7, 11) is -3.42. The number of nitrogen functional groups attached to an aromatic ring is 1. The Morgan fingerprint density at radius 3 is 2.20 bits per heavy atom. The Hall–Kier alpha value is -0.880. The van der Waals surface area contributed by atoms with E-state index in [-0.39, 0.29) is 0 Å². The number of Topliss-reactive ketones (excluding diaryl/α,β-unsaturated/α-hetero) is 1. The highest BCUT2D eigenvalue weighted by Gasteiger charge is 2.26. The van der Waals surface area contributed by atoms with Gasteiger partial charge in [0.2, 0.25) is 0 Å². The van der Waals surface area contributed by atoms with Crippen molar-refractivity contribution in [3.8, 4) is 0 Å². The van der Waals surface area contributed by atoms with E-state index in [1.54, 1.807) is 12.1 Å². The number of hydrogen-bond donors (Lipinski definition) is 1. The lowest BCUT2D eigenvalue weighted by atomic mass is 10.1. The third-order valence-corrected chi connectivity index (χ3v) is 5.20. The van der Waals surface area contributed by atoms with Crippen LogP contribution in [-0.4, -0.2) is 24.6 Å². The van der Waals surface area contributed by atoms with Crippen molar-refractivity contribution in [2.45, 2.75) is 4.16 Å². The van der Waals surface area contributed by atoms with Gasteiger partial charge >= 0.3 is 0 Å². The van der Waals surface area contributed by atoms with Crippen LogP contribution in [0.3, 0.4) is 0 Å². The van der Waals surface area contributed by atoms with Gasteiger partial charge in [-0.25, -0.2) is 8.42 Å². The van der Waals surface area contributed by atoms with Gasteiger partial charge < -0.3 is 5.73 Å². The molecule has 0 amide bonds. The van der Waals surface area contributed by atoms with Gasteiger partial charge in [0.15, 0.2) is 19.8 Å². The normalized spacial score (nSPS) is 13.5. The van der Waals surface area contributed by atoms with Crippen LogP contribution in [0.15, 0.2) is 24.3 Å². The van der Waals surface area contributed by atoms with Gasteiger partial charge in [0.05, 0.1) is 0 Å². The van der Waals surface area contributed by atoms with E-state index in [0.717, 1.165) is 6.26 Å². The summed E-state index contributed by atoms with van der Waals surface area (Å²) in [5, 5.41) is 0. The molecule has 0 bridgehead atoms. The van der Waals surface area contributed by atoms with Gasteiger partial charge in [0, 0.05) is 17.5 Å². The lowest BCUT2D eigenvalue weighted by Gasteiger charge is -2.06. The molecule has 0 fully saturated rings. The molecule has 0 spiro atoms. The lowest BCUT2D eigenvalue weighted by Crippen LogP contribution is -2.23. The molecule has 0 unspecified atom stereocenters. The minimum absolute atomic E-state index is 0.316. The number of hydrogen-bond acceptors (Lipinski definition) is 4. The third-order valence-electron chi connectivity index (χ3n) is 1.78. The lowest BCUT2D eigenvalue weighted by molar-refractivity contribution is 0.101. The summed E-state index contributed by atoms with van der Waals surface area (Å²) in [6, 6.07) is 6.10. The maximum absolute atomic E-state index is 11.6. The first kappa shape index (κ1) is 12.2. The van der Waals surface area contributed by atoms with Crippen molar-refractivity contribution in [1.29, 1.82) is 0 Å². The summed E-state index contributed by atoms with van der Waals surface area (Å²) < 4.78 is 21.0. The number of carbonyl (C=O) groups excluding carboxylic acids is 1. The minimum atomic E-state index is -3.42. The molecule has 6 heteroatoms. The van der Waals surface area contributed by atoms with E-state index in [9.17, 15) is 13.2 Å². The summed E-state index contributed by atoms with van der Waals surface area (Å²) >= 11 is 2.85. The number of benzene rings is 1. The van der Waals surface area contributed by atoms with Gasteiger partial charge in [-0.05, 0) is 24.3 Å². The molecular formula is C9H10BrNO3S. The molecule has 4 nitrogen and oxygen atoms in total. The Bertz CT molecular complexity index is 467. The first-order valence-electron chi connectivity index (χ1n) is 4.05. The van der Waals surface area contributed by atoms with Crippen molar-refractivity contribution in [2.75, 3.05) is 12.0 Å². The van der Waals surface area contributed by atoms with Crippen LogP contribution in [0.5, 0.6) is 0 Å². The van der Waals surface area contributed by atoms with E-state index in [0.29, 0.717) is 11.3 Å². The monoisotopic (exact) mass is 291 g/mol. The second-order valence-corrected chi connectivity index (χ2v) is 6.78. The van der Waals surface area contributed by atoms with Gasteiger partial charge in [0.1, 0.15) is 0 Å². The summed E-state index contributed by atoms with van der Waals surface area (Å²) in [6.07, 6.45) is 1.00. The Morgan fingerprint density at radius 1 is 1.33 bits per heavy atom. The standard InChI is InChI=1S/C9H10BrNO3S/c1-15(13,14)9(10)8(12)6-2-4-7(11)5-3-6/h2-5,9H,11H2,1H3/t9-/m1/s1. The molecule has 1 atom stereocenters. The first-order chi connectivity index (χ1) is 6.82. The number of ketones is 1. The zero-order valence-corrected chi connectivity index (χ0v) is 10.4. The molecular weight excluding hydrogens is 282 g/mol. The van der Waals surface area contributed by atoms with E-state index in [4.69, 9.17) is 5.73 Å². The minimum Gasteiger partial charge on any atom is -0.399 e. The summed E-state index contributed by atoms with van der Waals surface area (Å²) in [4.78, 5) is 11.6. The van der Waals surface area contributed by atoms with Gasteiger partial charge in [-0.1, -0.05) is 15.9 Å². The molecule has 82 valence electrons. The number of nitrogens with two attached hydrogens (primary N) is 1. The highest BCUT2D eigenvalue weighted by atomic mass is 79.9. The SMILES string of the molecule is CS(=O)(=O)[C@@H](Br)C(=O)c1ccc(N)cc1. The number of rotatable bonds is 3. The van der Waals surface area contributed by atoms with Crippen molar-refractivity contribution >= 4 is 37.2 Å². The van der Waals surface area contributed by atoms with Crippen molar-refractivity contribution in [2.24, 2.45) is 0 Å². The Balaban J connectivity index is 3.01. The molecule has 0 aliphatic carbocycles. The molecule has 0 saturated carbocycles. The first-order valence-corrected chi connectivity index (χ1v) is 6.92. The van der Waals surface area contributed by atoms with E-state index >= 15 is 0 Å². The van der Waals surface area contributed by atoms with Gasteiger partial charge in [-0.2, -0.15) is 0 Å². The number of halogens is 1. The number of carbonyl (C=O) groups is 1. The largest absolute Gasteiger partial charge is 0.399 e. The third kappa shape index (κ3) is 3.04. The molecule has 0 aromatic heterocycles. The maximum atomic E-state index is 11.6. The van der Waals surface area contributed by atoms with Crippen LogP contribution in [0.4, 0.5) is 5.69 Å². The fourth-order valence-electron chi connectivity index (χ4n) is 0.973. The van der Waals surface area contributed by atoms with Crippen molar-refractivity contribution in [1.82, 2.24) is 0 Å². The van der Waals surface area contributed by atoms with Crippen molar-refractivity contribution in [3.63, 3.8) is 0 Å². The van der Waals surface area contributed by atoms with Crippen LogP contribution in [-0.2, 0) is 9.84 Å². The van der Waals surface area contributed by atoms with Gasteiger partial charge in [-0.3, -0.25) is 4.79 Å². The molecule has 0 saturated heterocycles. The maximum Gasteiger partial charge on any atom is 0.191 e. The predicted octanol–water partition coefficient (Wildman–Crippen LogP) is 1.22. The molecule has 2 N–H and O–H groups in total. The molecule has 1 rings (SSSR count). The van der Waals surface area contributed by atoms with E-state index in [1.165, 1.54) is 12.1 Å². The molecule has 0 radical (unpaired) electrons. The van der Waals surface area contributed by atoms with Crippen molar-refractivity contribution in [3.05, 3.63) is 29.8 Å².